The molecule has 0 aliphatic rings. The molecular weight excluding hydrogens is 334 g/mol. The zero-order chi connectivity index (χ0) is 18.7. The third kappa shape index (κ3) is 4.11. The minimum Gasteiger partial charge on any atom is -0.372 e. The van der Waals surface area contributed by atoms with Crippen molar-refractivity contribution in [1.82, 2.24) is 4.72 Å². The molecule has 0 aliphatic heterocycles. The average Bonchev–Trinajstić information content (AvgIpc) is 2.56. The van der Waals surface area contributed by atoms with E-state index in [0.29, 0.717) is 11.3 Å². The number of hydrogen-bond acceptors (Lipinski definition) is 3. The van der Waals surface area contributed by atoms with Crippen LogP contribution in [0.1, 0.15) is 35.6 Å². The maximum absolute atomic E-state index is 12.9. The quantitative estimate of drug-likeness (QED) is 0.815. The second-order valence-corrected chi connectivity index (χ2v) is 8.17. The maximum atomic E-state index is 12.9. The summed E-state index contributed by atoms with van der Waals surface area (Å²) >= 11 is 0. The minimum atomic E-state index is -3.63. The highest BCUT2D eigenvalue weighted by atomic mass is 32.2. The molecule has 25 heavy (non-hydrogen) atoms. The summed E-state index contributed by atoms with van der Waals surface area (Å²) in [5.41, 5.74) is 2.83. The van der Waals surface area contributed by atoms with Crippen LogP contribution in [0.3, 0.4) is 0 Å². The first-order valence-corrected chi connectivity index (χ1v) is 9.92. The Bertz CT molecular complexity index is 802. The van der Waals surface area contributed by atoms with Crippen molar-refractivity contribution in [2.24, 2.45) is 0 Å². The second-order valence-electron chi connectivity index (χ2n) is 6.47. The highest BCUT2D eigenvalue weighted by molar-refractivity contribution is 7.89. The molecule has 0 spiro atoms. The molecule has 1 unspecified atom stereocenters. The van der Waals surface area contributed by atoms with Crippen LogP contribution >= 0.6 is 0 Å². The van der Waals surface area contributed by atoms with Gasteiger partial charge in [0.2, 0.25) is 10.0 Å². The van der Waals surface area contributed by atoms with Crippen molar-refractivity contribution >= 4 is 10.0 Å². The summed E-state index contributed by atoms with van der Waals surface area (Å²) in [6, 6.07) is 13.5. The summed E-state index contributed by atoms with van der Waals surface area (Å²) in [4.78, 5) is 0.354. The normalized spacial score (nSPS) is 14.3. The van der Waals surface area contributed by atoms with Gasteiger partial charge in [0.05, 0.1) is 4.90 Å². The van der Waals surface area contributed by atoms with Gasteiger partial charge < -0.3 is 4.74 Å². The number of nitrogens with one attached hydrogen (secondary N) is 1. The van der Waals surface area contributed by atoms with E-state index in [0.717, 1.165) is 22.3 Å². The van der Waals surface area contributed by atoms with E-state index in [-0.39, 0.29) is 6.54 Å². The first kappa shape index (κ1) is 19.6. The third-order valence-electron chi connectivity index (χ3n) is 4.68. The van der Waals surface area contributed by atoms with Crippen LogP contribution in [0.2, 0.25) is 0 Å². The van der Waals surface area contributed by atoms with Crippen molar-refractivity contribution in [1.29, 1.82) is 0 Å². The van der Waals surface area contributed by atoms with Crippen LogP contribution < -0.4 is 4.72 Å². The van der Waals surface area contributed by atoms with Crippen molar-refractivity contribution in [2.45, 2.75) is 44.6 Å². The summed E-state index contributed by atoms with van der Waals surface area (Å²) in [7, 11) is -2.01. The van der Waals surface area contributed by atoms with Crippen LogP contribution in [0.15, 0.2) is 47.4 Å². The predicted octanol–water partition coefficient (Wildman–Crippen LogP) is 3.84. The Morgan fingerprint density at radius 3 is 2.08 bits per heavy atom. The van der Waals surface area contributed by atoms with E-state index in [2.05, 4.69) is 4.72 Å². The van der Waals surface area contributed by atoms with Crippen LogP contribution in [-0.2, 0) is 20.4 Å². The fourth-order valence-corrected chi connectivity index (χ4v) is 4.91. The summed E-state index contributed by atoms with van der Waals surface area (Å²) in [6.45, 7) is 7.79. The Hall–Kier alpha value is -1.69. The molecule has 136 valence electrons. The van der Waals surface area contributed by atoms with Crippen molar-refractivity contribution in [3.63, 3.8) is 0 Å². The number of hydrogen-bond donors (Lipinski definition) is 1. The lowest BCUT2D eigenvalue weighted by molar-refractivity contribution is -0.0133. The second kappa shape index (κ2) is 7.68. The van der Waals surface area contributed by atoms with Crippen LogP contribution in [-0.4, -0.2) is 22.1 Å². The van der Waals surface area contributed by atoms with Gasteiger partial charge in [-0.2, -0.15) is 0 Å². The minimum absolute atomic E-state index is 0.180. The van der Waals surface area contributed by atoms with Crippen LogP contribution in [0.5, 0.6) is 0 Å². The van der Waals surface area contributed by atoms with E-state index in [1.165, 1.54) is 0 Å². The van der Waals surface area contributed by atoms with Gasteiger partial charge in [0, 0.05) is 13.7 Å². The number of sulfonamides is 1. The summed E-state index contributed by atoms with van der Waals surface area (Å²) in [5, 5.41) is 0. The standard InChI is InChI=1S/C20H27NO3S/c1-6-20(24-5,18-10-8-7-9-11-18)14-21-25(22,23)19-16(3)12-15(2)13-17(19)4/h7-13,21H,6,14H2,1-5H3. The molecule has 0 heterocycles. The monoisotopic (exact) mass is 361 g/mol. The largest absolute Gasteiger partial charge is 0.372 e. The van der Waals surface area contributed by atoms with E-state index in [1.807, 2.05) is 70.2 Å². The Morgan fingerprint density at radius 2 is 1.60 bits per heavy atom. The molecule has 0 saturated heterocycles. The molecule has 5 heteroatoms. The molecule has 2 rings (SSSR count). The van der Waals surface area contributed by atoms with Gasteiger partial charge in [-0.05, 0) is 43.9 Å². The van der Waals surface area contributed by atoms with Crippen molar-refractivity contribution in [3.05, 3.63) is 64.7 Å². The van der Waals surface area contributed by atoms with Crippen LogP contribution in [0, 0.1) is 20.8 Å². The third-order valence-corrected chi connectivity index (χ3v) is 6.39. The number of rotatable bonds is 7. The fraction of sp³-hybridized carbons (Fsp3) is 0.400. The lowest BCUT2D eigenvalue weighted by Gasteiger charge is -2.32. The van der Waals surface area contributed by atoms with Gasteiger partial charge in [0.15, 0.2) is 0 Å². The number of methoxy groups -OCH3 is 1. The first-order valence-electron chi connectivity index (χ1n) is 8.44. The molecule has 0 aliphatic carbocycles. The number of ether oxygens (including phenoxy) is 1. The number of aryl methyl sites for hydroxylation is 3. The Labute approximate surface area is 151 Å². The molecule has 2 aromatic rings. The molecule has 1 atom stereocenters. The highest BCUT2D eigenvalue weighted by Crippen LogP contribution is 2.29. The van der Waals surface area contributed by atoms with E-state index >= 15 is 0 Å². The van der Waals surface area contributed by atoms with E-state index < -0.39 is 15.6 Å². The van der Waals surface area contributed by atoms with Gasteiger partial charge in [-0.15, -0.1) is 0 Å². The Balaban J connectivity index is 2.35. The molecule has 4 nitrogen and oxygen atoms in total. The van der Waals surface area contributed by atoms with E-state index in [1.54, 1.807) is 7.11 Å². The van der Waals surface area contributed by atoms with Gasteiger partial charge in [0.25, 0.3) is 0 Å². The lowest BCUT2D eigenvalue weighted by atomic mass is 9.91. The van der Waals surface area contributed by atoms with Gasteiger partial charge >= 0.3 is 0 Å². The molecule has 0 saturated carbocycles. The summed E-state index contributed by atoms with van der Waals surface area (Å²) in [6.07, 6.45) is 0.655. The molecule has 0 fully saturated rings. The lowest BCUT2D eigenvalue weighted by Crippen LogP contribution is -2.42. The van der Waals surface area contributed by atoms with Gasteiger partial charge in [-0.3, -0.25) is 0 Å². The molecule has 0 radical (unpaired) electrons. The summed E-state index contributed by atoms with van der Waals surface area (Å²) in [5.74, 6) is 0. The Morgan fingerprint density at radius 1 is 1.04 bits per heavy atom. The van der Waals surface area contributed by atoms with Crippen LogP contribution in [0.4, 0.5) is 0 Å². The van der Waals surface area contributed by atoms with Crippen molar-refractivity contribution in [2.75, 3.05) is 13.7 Å². The fourth-order valence-electron chi connectivity index (χ4n) is 3.38. The number of benzene rings is 2. The summed E-state index contributed by atoms with van der Waals surface area (Å²) < 4.78 is 34.4. The molecule has 1 N–H and O–H groups in total. The van der Waals surface area contributed by atoms with Crippen molar-refractivity contribution in [3.8, 4) is 0 Å². The maximum Gasteiger partial charge on any atom is 0.241 e. The SMILES string of the molecule is CCC(CNS(=O)(=O)c1c(C)cc(C)cc1C)(OC)c1ccccc1. The van der Waals surface area contributed by atoms with Crippen molar-refractivity contribution < 1.29 is 13.2 Å². The smallest absolute Gasteiger partial charge is 0.241 e. The molecule has 2 aromatic carbocycles. The van der Waals surface area contributed by atoms with Gasteiger partial charge in [0.1, 0.15) is 5.60 Å². The molecular formula is C20H27NO3S. The predicted molar refractivity (Wildman–Crippen MR) is 101 cm³/mol. The molecule has 0 aromatic heterocycles. The zero-order valence-corrected chi connectivity index (χ0v) is 16.4. The first-order chi connectivity index (χ1) is 11.8. The van der Waals surface area contributed by atoms with Gasteiger partial charge in [-0.1, -0.05) is 55.0 Å². The molecule has 0 amide bonds. The zero-order valence-electron chi connectivity index (χ0n) is 15.6. The molecule has 0 bridgehead atoms. The highest BCUT2D eigenvalue weighted by Gasteiger charge is 2.32. The van der Waals surface area contributed by atoms with Crippen LogP contribution in [0.25, 0.3) is 0 Å². The van der Waals surface area contributed by atoms with E-state index in [9.17, 15) is 8.42 Å². The topological polar surface area (TPSA) is 55.4 Å². The average molecular weight is 362 g/mol. The van der Waals surface area contributed by atoms with E-state index in [4.69, 9.17) is 4.74 Å². The Kier molecular flexibility index (Phi) is 6.03. The van der Waals surface area contributed by atoms with Gasteiger partial charge in [-0.25, -0.2) is 13.1 Å².